The van der Waals surface area contributed by atoms with Crippen LogP contribution in [0.5, 0.6) is 0 Å². The lowest BCUT2D eigenvalue weighted by molar-refractivity contribution is 0.111. The smallest absolute Gasteiger partial charge is 0.0583 e. The molecule has 1 aliphatic carbocycles. The summed E-state index contributed by atoms with van der Waals surface area (Å²) < 4.78 is 5.34. The number of hydrogen-bond acceptors (Lipinski definition) is 3. The maximum absolute atomic E-state index is 8.58. The van der Waals surface area contributed by atoms with Crippen LogP contribution in [0.15, 0.2) is 0 Å². The number of nitrogens with two attached hydrogens (primary N) is 1. The zero-order valence-electron chi connectivity index (χ0n) is 6.83. The van der Waals surface area contributed by atoms with Crippen molar-refractivity contribution in [3.63, 3.8) is 0 Å². The van der Waals surface area contributed by atoms with Crippen molar-refractivity contribution in [1.29, 1.82) is 0 Å². The Labute approximate surface area is 67.5 Å². The van der Waals surface area contributed by atoms with Gasteiger partial charge in [-0.05, 0) is 25.2 Å². The third-order valence-corrected chi connectivity index (χ3v) is 1.92. The van der Waals surface area contributed by atoms with Crippen LogP contribution in [0.25, 0.3) is 0 Å². The SMILES string of the molecule is NC(CO)CCOCC1CC1. The molecule has 1 aliphatic rings. The van der Waals surface area contributed by atoms with Gasteiger partial charge in [-0.3, -0.25) is 0 Å². The van der Waals surface area contributed by atoms with Crippen LogP contribution in [0.4, 0.5) is 0 Å². The molecule has 0 bridgehead atoms. The molecule has 0 aromatic rings. The Kier molecular flexibility index (Phi) is 3.83. The Morgan fingerprint density at radius 3 is 2.82 bits per heavy atom. The van der Waals surface area contributed by atoms with E-state index in [1.807, 2.05) is 0 Å². The second kappa shape index (κ2) is 4.70. The van der Waals surface area contributed by atoms with E-state index >= 15 is 0 Å². The normalized spacial score (nSPS) is 20.2. The molecule has 0 saturated heterocycles. The van der Waals surface area contributed by atoms with Gasteiger partial charge in [0, 0.05) is 19.3 Å². The molecule has 3 N–H and O–H groups in total. The third-order valence-electron chi connectivity index (χ3n) is 1.92. The van der Waals surface area contributed by atoms with E-state index < -0.39 is 0 Å². The van der Waals surface area contributed by atoms with E-state index in [4.69, 9.17) is 15.6 Å². The lowest BCUT2D eigenvalue weighted by atomic mass is 10.2. The van der Waals surface area contributed by atoms with Gasteiger partial charge < -0.3 is 15.6 Å². The summed E-state index contributed by atoms with van der Waals surface area (Å²) in [5, 5.41) is 8.58. The zero-order valence-corrected chi connectivity index (χ0v) is 6.83. The first-order valence-electron chi connectivity index (χ1n) is 4.27. The fourth-order valence-electron chi connectivity index (χ4n) is 0.861. The van der Waals surface area contributed by atoms with Gasteiger partial charge in [0.05, 0.1) is 6.61 Å². The Balaban J connectivity index is 1.79. The van der Waals surface area contributed by atoms with Crippen LogP contribution in [0.2, 0.25) is 0 Å². The van der Waals surface area contributed by atoms with E-state index in [2.05, 4.69) is 0 Å². The molecule has 0 radical (unpaired) electrons. The van der Waals surface area contributed by atoms with Crippen molar-refractivity contribution in [2.75, 3.05) is 19.8 Å². The lowest BCUT2D eigenvalue weighted by Crippen LogP contribution is -2.26. The fourth-order valence-corrected chi connectivity index (χ4v) is 0.861. The molecule has 0 aromatic heterocycles. The standard InChI is InChI=1S/C8H17NO2/c9-8(5-10)3-4-11-6-7-1-2-7/h7-8,10H,1-6,9H2. The van der Waals surface area contributed by atoms with Crippen molar-refractivity contribution < 1.29 is 9.84 Å². The first-order valence-corrected chi connectivity index (χ1v) is 4.27. The van der Waals surface area contributed by atoms with Gasteiger partial charge in [-0.15, -0.1) is 0 Å². The van der Waals surface area contributed by atoms with Gasteiger partial charge in [-0.2, -0.15) is 0 Å². The van der Waals surface area contributed by atoms with Gasteiger partial charge >= 0.3 is 0 Å². The number of ether oxygens (including phenoxy) is 1. The molecule has 0 spiro atoms. The minimum absolute atomic E-state index is 0.0623. The summed E-state index contributed by atoms with van der Waals surface area (Å²) in [6.45, 7) is 1.64. The first kappa shape index (κ1) is 8.97. The van der Waals surface area contributed by atoms with Gasteiger partial charge in [-0.1, -0.05) is 0 Å². The molecule has 0 amide bonds. The van der Waals surface area contributed by atoms with E-state index in [1.165, 1.54) is 12.8 Å². The zero-order chi connectivity index (χ0) is 8.10. The second-order valence-corrected chi connectivity index (χ2v) is 3.25. The van der Waals surface area contributed by atoms with Crippen molar-refractivity contribution >= 4 is 0 Å². The fraction of sp³-hybridized carbons (Fsp3) is 1.00. The number of hydrogen-bond donors (Lipinski definition) is 2. The van der Waals surface area contributed by atoms with Crippen molar-refractivity contribution in [2.24, 2.45) is 11.7 Å². The molecular weight excluding hydrogens is 142 g/mol. The molecule has 1 rings (SSSR count). The molecular formula is C8H17NO2. The van der Waals surface area contributed by atoms with Crippen molar-refractivity contribution in [1.82, 2.24) is 0 Å². The minimum atomic E-state index is -0.103. The number of aliphatic hydroxyl groups excluding tert-OH is 1. The Morgan fingerprint density at radius 1 is 1.55 bits per heavy atom. The maximum Gasteiger partial charge on any atom is 0.0583 e. The summed E-state index contributed by atoms with van der Waals surface area (Å²) in [4.78, 5) is 0. The van der Waals surface area contributed by atoms with E-state index in [0.29, 0.717) is 6.61 Å². The van der Waals surface area contributed by atoms with Crippen LogP contribution >= 0.6 is 0 Å². The molecule has 66 valence electrons. The summed E-state index contributed by atoms with van der Waals surface area (Å²) in [6.07, 6.45) is 3.42. The topological polar surface area (TPSA) is 55.5 Å². The van der Waals surface area contributed by atoms with Gasteiger partial charge in [0.2, 0.25) is 0 Å². The minimum Gasteiger partial charge on any atom is -0.395 e. The quantitative estimate of drug-likeness (QED) is 0.541. The first-order chi connectivity index (χ1) is 5.33. The highest BCUT2D eigenvalue weighted by molar-refractivity contribution is 4.72. The Hall–Kier alpha value is -0.120. The average Bonchev–Trinajstić information content (AvgIpc) is 2.81. The van der Waals surface area contributed by atoms with Gasteiger partial charge in [0.15, 0.2) is 0 Å². The molecule has 1 unspecified atom stereocenters. The number of rotatable bonds is 6. The highest BCUT2D eigenvalue weighted by Gasteiger charge is 2.20. The lowest BCUT2D eigenvalue weighted by Gasteiger charge is -2.07. The molecule has 0 aliphatic heterocycles. The van der Waals surface area contributed by atoms with Gasteiger partial charge in [0.1, 0.15) is 0 Å². The summed E-state index contributed by atoms with van der Waals surface area (Å²) in [7, 11) is 0. The van der Waals surface area contributed by atoms with Crippen LogP contribution < -0.4 is 5.73 Å². The van der Waals surface area contributed by atoms with Crippen LogP contribution in [0, 0.1) is 5.92 Å². The molecule has 1 atom stereocenters. The molecule has 3 heteroatoms. The highest BCUT2D eigenvalue weighted by atomic mass is 16.5. The van der Waals surface area contributed by atoms with Gasteiger partial charge in [0.25, 0.3) is 0 Å². The molecule has 1 fully saturated rings. The van der Waals surface area contributed by atoms with Crippen molar-refractivity contribution in [3.05, 3.63) is 0 Å². The van der Waals surface area contributed by atoms with E-state index in [0.717, 1.165) is 18.9 Å². The summed E-state index contributed by atoms with van der Waals surface area (Å²) >= 11 is 0. The van der Waals surface area contributed by atoms with Crippen LogP contribution in [-0.2, 0) is 4.74 Å². The molecule has 0 heterocycles. The summed E-state index contributed by atoms with van der Waals surface area (Å²) in [5.41, 5.74) is 5.48. The molecule has 11 heavy (non-hydrogen) atoms. The van der Waals surface area contributed by atoms with Crippen LogP contribution in [-0.4, -0.2) is 31.0 Å². The van der Waals surface area contributed by atoms with Crippen LogP contribution in [0.3, 0.4) is 0 Å². The van der Waals surface area contributed by atoms with Crippen molar-refractivity contribution in [3.8, 4) is 0 Å². The molecule has 1 saturated carbocycles. The largest absolute Gasteiger partial charge is 0.395 e. The maximum atomic E-state index is 8.58. The second-order valence-electron chi connectivity index (χ2n) is 3.25. The predicted molar refractivity (Wildman–Crippen MR) is 43.2 cm³/mol. The monoisotopic (exact) mass is 159 g/mol. The van der Waals surface area contributed by atoms with Gasteiger partial charge in [-0.25, -0.2) is 0 Å². The van der Waals surface area contributed by atoms with E-state index in [9.17, 15) is 0 Å². The summed E-state index contributed by atoms with van der Waals surface area (Å²) in [6, 6.07) is -0.103. The average molecular weight is 159 g/mol. The third kappa shape index (κ3) is 4.35. The molecule has 0 aromatic carbocycles. The van der Waals surface area contributed by atoms with Crippen LogP contribution in [0.1, 0.15) is 19.3 Å². The van der Waals surface area contributed by atoms with E-state index in [1.54, 1.807) is 0 Å². The predicted octanol–water partition coefficient (Wildman–Crippen LogP) is 0.123. The Morgan fingerprint density at radius 2 is 2.27 bits per heavy atom. The summed E-state index contributed by atoms with van der Waals surface area (Å²) in [5.74, 6) is 0.820. The highest BCUT2D eigenvalue weighted by Crippen LogP contribution is 2.28. The Bertz CT molecular complexity index is 104. The van der Waals surface area contributed by atoms with Crippen molar-refractivity contribution in [2.45, 2.75) is 25.3 Å². The van der Waals surface area contributed by atoms with E-state index in [-0.39, 0.29) is 12.6 Å². The number of aliphatic hydroxyl groups is 1. The molecule has 3 nitrogen and oxygen atoms in total.